The third-order valence-electron chi connectivity index (χ3n) is 5.38. The van der Waals surface area contributed by atoms with Crippen molar-refractivity contribution >= 4 is 23.1 Å². The first-order valence-electron chi connectivity index (χ1n) is 8.54. The SMILES string of the molecule is Cc1cnnc(N2CCC3(CC2)OCCc2cc(C(=O)O)sc23)c1C. The Morgan fingerprint density at radius 1 is 1.36 bits per heavy atom. The lowest BCUT2D eigenvalue weighted by Crippen LogP contribution is -2.46. The van der Waals surface area contributed by atoms with E-state index in [4.69, 9.17) is 4.74 Å². The van der Waals surface area contributed by atoms with E-state index >= 15 is 0 Å². The summed E-state index contributed by atoms with van der Waals surface area (Å²) in [6, 6.07) is 1.83. The normalized spacial score (nSPS) is 19.0. The van der Waals surface area contributed by atoms with E-state index in [2.05, 4.69) is 28.9 Å². The van der Waals surface area contributed by atoms with Gasteiger partial charge in [0.1, 0.15) is 10.5 Å². The molecule has 0 saturated carbocycles. The summed E-state index contributed by atoms with van der Waals surface area (Å²) in [7, 11) is 0. The van der Waals surface area contributed by atoms with Gasteiger partial charge < -0.3 is 14.7 Å². The van der Waals surface area contributed by atoms with E-state index in [-0.39, 0.29) is 5.60 Å². The summed E-state index contributed by atoms with van der Waals surface area (Å²) in [5.41, 5.74) is 3.12. The standard InChI is InChI=1S/C18H21N3O3S/c1-11-10-19-20-16(12(11)2)21-6-4-18(5-7-21)15-13(3-8-24-18)9-14(25-15)17(22)23/h9-10H,3-8H2,1-2H3,(H,22,23). The van der Waals surface area contributed by atoms with Gasteiger partial charge in [-0.3, -0.25) is 0 Å². The molecule has 2 aliphatic heterocycles. The van der Waals surface area contributed by atoms with Crippen molar-refractivity contribution in [1.29, 1.82) is 0 Å². The first kappa shape index (κ1) is 16.5. The molecule has 6 nitrogen and oxygen atoms in total. The number of hydrogen-bond donors (Lipinski definition) is 1. The van der Waals surface area contributed by atoms with Crippen LogP contribution in [0.5, 0.6) is 0 Å². The van der Waals surface area contributed by atoms with Crippen LogP contribution in [-0.4, -0.2) is 41.0 Å². The van der Waals surface area contributed by atoms with Crippen LogP contribution in [0.3, 0.4) is 0 Å². The summed E-state index contributed by atoms with van der Waals surface area (Å²) >= 11 is 1.38. The van der Waals surface area contributed by atoms with E-state index in [0.717, 1.165) is 54.2 Å². The fraction of sp³-hybridized carbons (Fsp3) is 0.500. The molecule has 7 heteroatoms. The molecule has 2 aromatic rings. The van der Waals surface area contributed by atoms with Crippen molar-refractivity contribution in [2.24, 2.45) is 0 Å². The Labute approximate surface area is 150 Å². The van der Waals surface area contributed by atoms with E-state index < -0.39 is 5.97 Å². The van der Waals surface area contributed by atoms with E-state index in [0.29, 0.717) is 11.5 Å². The third-order valence-corrected chi connectivity index (χ3v) is 6.74. The lowest BCUT2D eigenvalue weighted by molar-refractivity contribution is -0.0735. The van der Waals surface area contributed by atoms with Gasteiger partial charge in [0.25, 0.3) is 0 Å². The quantitative estimate of drug-likeness (QED) is 0.888. The molecule has 0 atom stereocenters. The van der Waals surface area contributed by atoms with Gasteiger partial charge in [-0.2, -0.15) is 5.10 Å². The van der Waals surface area contributed by atoms with Crippen LogP contribution < -0.4 is 4.90 Å². The summed E-state index contributed by atoms with van der Waals surface area (Å²) in [5, 5.41) is 17.7. The van der Waals surface area contributed by atoms with Gasteiger partial charge in [0.2, 0.25) is 0 Å². The second-order valence-corrected chi connectivity index (χ2v) is 7.88. The lowest BCUT2D eigenvalue weighted by atomic mass is 9.85. The highest BCUT2D eigenvalue weighted by atomic mass is 32.1. The topological polar surface area (TPSA) is 75.5 Å². The van der Waals surface area contributed by atoms with Gasteiger partial charge in [0.15, 0.2) is 5.82 Å². The molecular formula is C18H21N3O3S. The monoisotopic (exact) mass is 359 g/mol. The number of carboxylic acids is 1. The van der Waals surface area contributed by atoms with E-state index in [1.807, 2.05) is 6.07 Å². The lowest BCUT2D eigenvalue weighted by Gasteiger charge is -2.44. The highest BCUT2D eigenvalue weighted by Crippen LogP contribution is 2.46. The molecule has 2 aromatic heterocycles. The summed E-state index contributed by atoms with van der Waals surface area (Å²) in [4.78, 5) is 15.1. The Morgan fingerprint density at radius 2 is 2.12 bits per heavy atom. The highest BCUT2D eigenvalue weighted by molar-refractivity contribution is 7.14. The molecule has 0 unspecified atom stereocenters. The number of aryl methyl sites for hydroxylation is 1. The highest BCUT2D eigenvalue weighted by Gasteiger charge is 2.43. The molecule has 0 aliphatic carbocycles. The third kappa shape index (κ3) is 2.71. The van der Waals surface area contributed by atoms with Crippen molar-refractivity contribution in [2.45, 2.75) is 38.7 Å². The molecular weight excluding hydrogens is 338 g/mol. The van der Waals surface area contributed by atoms with E-state index in [1.54, 1.807) is 6.20 Å². The van der Waals surface area contributed by atoms with Crippen LogP contribution in [0, 0.1) is 13.8 Å². The molecule has 1 N–H and O–H groups in total. The van der Waals surface area contributed by atoms with Crippen LogP contribution in [0.2, 0.25) is 0 Å². The number of hydrogen-bond acceptors (Lipinski definition) is 6. The van der Waals surface area contributed by atoms with E-state index in [9.17, 15) is 9.90 Å². The van der Waals surface area contributed by atoms with Crippen molar-refractivity contribution < 1.29 is 14.6 Å². The zero-order valence-electron chi connectivity index (χ0n) is 14.4. The minimum atomic E-state index is -0.849. The summed E-state index contributed by atoms with van der Waals surface area (Å²) in [6.07, 6.45) is 4.27. The molecule has 1 fully saturated rings. The molecule has 132 valence electrons. The van der Waals surface area contributed by atoms with Crippen molar-refractivity contribution in [3.63, 3.8) is 0 Å². The minimum Gasteiger partial charge on any atom is -0.477 e. The van der Waals surface area contributed by atoms with E-state index in [1.165, 1.54) is 16.9 Å². The van der Waals surface area contributed by atoms with Gasteiger partial charge in [0.05, 0.1) is 12.8 Å². The number of thiophene rings is 1. The Kier molecular flexibility index (Phi) is 4.00. The van der Waals surface area contributed by atoms with Gasteiger partial charge in [-0.1, -0.05) is 0 Å². The van der Waals surface area contributed by atoms with Gasteiger partial charge in [-0.05, 0) is 55.9 Å². The molecule has 0 bridgehead atoms. The summed E-state index contributed by atoms with van der Waals surface area (Å²) in [6.45, 7) is 6.45. The molecule has 2 aliphatic rings. The average molecular weight is 359 g/mol. The number of ether oxygens (including phenoxy) is 1. The number of anilines is 1. The molecule has 1 saturated heterocycles. The molecule has 0 radical (unpaired) electrons. The van der Waals surface area contributed by atoms with Crippen LogP contribution in [0.4, 0.5) is 5.82 Å². The number of aromatic nitrogens is 2. The van der Waals surface area contributed by atoms with Crippen molar-refractivity contribution in [3.8, 4) is 0 Å². The van der Waals surface area contributed by atoms with Crippen LogP contribution in [0.15, 0.2) is 12.3 Å². The second kappa shape index (κ2) is 6.07. The van der Waals surface area contributed by atoms with Gasteiger partial charge in [0, 0.05) is 18.0 Å². The van der Waals surface area contributed by atoms with Gasteiger partial charge >= 0.3 is 5.97 Å². The number of piperidine rings is 1. The largest absolute Gasteiger partial charge is 0.477 e. The number of fused-ring (bicyclic) bond motifs is 2. The van der Waals surface area contributed by atoms with Crippen molar-refractivity contribution in [3.05, 3.63) is 38.7 Å². The molecule has 25 heavy (non-hydrogen) atoms. The van der Waals surface area contributed by atoms with Crippen LogP contribution >= 0.6 is 11.3 Å². The predicted octanol–water partition coefficient (Wildman–Crippen LogP) is 2.92. The minimum absolute atomic E-state index is 0.340. The first-order chi connectivity index (χ1) is 12.0. The molecule has 0 amide bonds. The zero-order chi connectivity index (χ0) is 17.6. The van der Waals surface area contributed by atoms with Gasteiger partial charge in [-0.15, -0.1) is 16.4 Å². The van der Waals surface area contributed by atoms with Crippen LogP contribution in [-0.2, 0) is 16.8 Å². The van der Waals surface area contributed by atoms with Crippen molar-refractivity contribution in [1.82, 2.24) is 10.2 Å². The van der Waals surface area contributed by atoms with Crippen LogP contribution in [0.25, 0.3) is 0 Å². The molecule has 0 aromatic carbocycles. The summed E-state index contributed by atoms with van der Waals surface area (Å²) < 4.78 is 6.22. The molecule has 4 heterocycles. The summed E-state index contributed by atoms with van der Waals surface area (Å²) in [5.74, 6) is 0.0981. The fourth-order valence-corrected chi connectivity index (χ4v) is 5.05. The van der Waals surface area contributed by atoms with Crippen LogP contribution in [0.1, 0.15) is 44.1 Å². The zero-order valence-corrected chi connectivity index (χ0v) is 15.2. The Bertz CT molecular complexity index is 825. The maximum absolute atomic E-state index is 11.3. The van der Waals surface area contributed by atoms with Gasteiger partial charge in [-0.25, -0.2) is 4.79 Å². The Hall–Kier alpha value is -1.99. The number of nitrogens with zero attached hydrogens (tertiary/aromatic N) is 3. The molecule has 1 spiro atoms. The number of carboxylic acid groups (broad SMARTS) is 1. The van der Waals surface area contributed by atoms with Crippen molar-refractivity contribution in [2.75, 3.05) is 24.6 Å². The number of carbonyl (C=O) groups is 1. The number of rotatable bonds is 2. The molecule has 4 rings (SSSR count). The smallest absolute Gasteiger partial charge is 0.345 e. The Morgan fingerprint density at radius 3 is 2.84 bits per heavy atom. The fourth-order valence-electron chi connectivity index (χ4n) is 3.80. The maximum atomic E-state index is 11.3. The maximum Gasteiger partial charge on any atom is 0.345 e. The Balaban J connectivity index is 1.60. The second-order valence-electron chi connectivity index (χ2n) is 6.83. The average Bonchev–Trinajstić information content (AvgIpc) is 3.05. The first-order valence-corrected chi connectivity index (χ1v) is 9.36. The number of aromatic carboxylic acids is 1. The predicted molar refractivity (Wildman–Crippen MR) is 95.6 cm³/mol.